The van der Waals surface area contributed by atoms with Crippen molar-refractivity contribution in [3.05, 3.63) is 64.9 Å². The second kappa shape index (κ2) is 5.14. The average molecular weight is 312 g/mol. The molecule has 0 bridgehead atoms. The second-order valence-corrected chi connectivity index (χ2v) is 5.93. The second-order valence-electron chi connectivity index (χ2n) is 5.53. The lowest BCUT2D eigenvalue weighted by Gasteiger charge is -2.38. The molecule has 1 N–H and O–H groups in total. The van der Waals surface area contributed by atoms with Crippen LogP contribution >= 0.6 is 11.6 Å². The van der Waals surface area contributed by atoms with Gasteiger partial charge in [-0.3, -0.25) is 4.79 Å². The predicted molar refractivity (Wildman–Crippen MR) is 86.2 cm³/mol. The molecule has 2 heterocycles. The van der Waals surface area contributed by atoms with E-state index in [9.17, 15) is 4.79 Å². The van der Waals surface area contributed by atoms with Crippen LogP contribution in [0.4, 0.5) is 0 Å². The Kier molecular flexibility index (Phi) is 3.12. The zero-order valence-corrected chi connectivity index (χ0v) is 12.5. The van der Waals surface area contributed by atoms with Gasteiger partial charge in [0.25, 0.3) is 5.91 Å². The highest BCUT2D eigenvalue weighted by atomic mass is 35.5. The molecule has 4 rings (SSSR count). The molecule has 3 aromatic rings. The summed E-state index contributed by atoms with van der Waals surface area (Å²) in [4.78, 5) is 22.1. The van der Waals surface area contributed by atoms with Crippen molar-refractivity contribution < 1.29 is 4.79 Å². The minimum Gasteiger partial charge on any atom is -0.342 e. The number of hydrogen-bond acceptors (Lipinski definition) is 2. The number of para-hydroxylation sites is 2. The first kappa shape index (κ1) is 13.3. The van der Waals surface area contributed by atoms with Crippen molar-refractivity contribution >= 4 is 28.5 Å². The molecule has 110 valence electrons. The fourth-order valence-corrected chi connectivity index (χ4v) is 3.00. The van der Waals surface area contributed by atoms with Gasteiger partial charge < -0.3 is 9.88 Å². The summed E-state index contributed by atoms with van der Waals surface area (Å²) >= 11 is 6.09. The summed E-state index contributed by atoms with van der Waals surface area (Å²) in [6.07, 6.45) is 0. The van der Waals surface area contributed by atoms with E-state index in [2.05, 4.69) is 9.97 Å². The summed E-state index contributed by atoms with van der Waals surface area (Å²) in [7, 11) is 0. The molecule has 1 aliphatic rings. The van der Waals surface area contributed by atoms with Crippen LogP contribution in [0, 0.1) is 0 Å². The van der Waals surface area contributed by atoms with E-state index in [1.165, 1.54) is 0 Å². The minimum atomic E-state index is -0.0158. The summed E-state index contributed by atoms with van der Waals surface area (Å²) in [5, 5.41) is 0.500. The number of fused-ring (bicyclic) bond motifs is 1. The minimum absolute atomic E-state index is 0.0158. The SMILES string of the molecule is O=C(c1ccccc1Cl)N1CC(c2nc3ccccc3[nH]2)C1. The van der Waals surface area contributed by atoms with Crippen molar-refractivity contribution in [2.24, 2.45) is 0 Å². The first-order valence-corrected chi connectivity index (χ1v) is 7.58. The van der Waals surface area contributed by atoms with E-state index in [0.29, 0.717) is 23.7 Å². The molecule has 4 nitrogen and oxygen atoms in total. The lowest BCUT2D eigenvalue weighted by molar-refractivity contribution is 0.0596. The summed E-state index contributed by atoms with van der Waals surface area (Å²) in [5.41, 5.74) is 2.56. The number of H-pyrrole nitrogens is 1. The van der Waals surface area contributed by atoms with Crippen LogP contribution in [-0.4, -0.2) is 33.9 Å². The predicted octanol–water partition coefficient (Wildman–Crippen LogP) is 3.46. The van der Waals surface area contributed by atoms with Gasteiger partial charge in [0.15, 0.2) is 0 Å². The quantitative estimate of drug-likeness (QED) is 0.788. The average Bonchev–Trinajstić information content (AvgIpc) is 2.89. The Morgan fingerprint density at radius 2 is 1.86 bits per heavy atom. The smallest absolute Gasteiger partial charge is 0.255 e. The highest BCUT2D eigenvalue weighted by molar-refractivity contribution is 6.33. The number of halogens is 1. The third-order valence-electron chi connectivity index (χ3n) is 4.07. The van der Waals surface area contributed by atoms with Crippen molar-refractivity contribution in [3.8, 4) is 0 Å². The maximum Gasteiger partial charge on any atom is 0.255 e. The molecule has 0 unspecified atom stereocenters. The highest BCUT2D eigenvalue weighted by Crippen LogP contribution is 2.29. The largest absolute Gasteiger partial charge is 0.342 e. The third kappa shape index (κ3) is 2.16. The molecular formula is C17H14ClN3O. The Morgan fingerprint density at radius 3 is 2.64 bits per heavy atom. The van der Waals surface area contributed by atoms with E-state index in [1.807, 2.05) is 36.4 Å². The topological polar surface area (TPSA) is 49.0 Å². The Morgan fingerprint density at radius 1 is 1.14 bits per heavy atom. The normalized spacial score (nSPS) is 15.0. The number of nitrogens with zero attached hydrogens (tertiary/aromatic N) is 2. The first-order chi connectivity index (χ1) is 10.7. The molecule has 1 fully saturated rings. The summed E-state index contributed by atoms with van der Waals surface area (Å²) in [5.74, 6) is 1.20. The zero-order valence-electron chi connectivity index (χ0n) is 11.8. The maximum absolute atomic E-state index is 12.4. The standard InChI is InChI=1S/C17H14ClN3O/c18-13-6-2-1-5-12(13)17(22)21-9-11(10-21)16-19-14-7-3-4-8-15(14)20-16/h1-8,11H,9-10H2,(H,19,20). The molecule has 0 radical (unpaired) electrons. The zero-order chi connectivity index (χ0) is 15.1. The fraction of sp³-hybridized carbons (Fsp3) is 0.176. The Balaban J connectivity index is 1.50. The monoisotopic (exact) mass is 311 g/mol. The van der Waals surface area contributed by atoms with Crippen LogP contribution in [0.25, 0.3) is 11.0 Å². The van der Waals surface area contributed by atoms with Gasteiger partial charge in [-0.2, -0.15) is 0 Å². The molecule has 1 aromatic heterocycles. The van der Waals surface area contributed by atoms with Crippen molar-refractivity contribution in [1.29, 1.82) is 0 Å². The van der Waals surface area contributed by atoms with Crippen molar-refractivity contribution in [1.82, 2.24) is 14.9 Å². The molecular weight excluding hydrogens is 298 g/mol. The number of benzene rings is 2. The lowest BCUT2D eigenvalue weighted by Crippen LogP contribution is -2.48. The van der Waals surface area contributed by atoms with E-state index in [-0.39, 0.29) is 11.8 Å². The summed E-state index contributed by atoms with van der Waals surface area (Å²) in [6.45, 7) is 1.34. The van der Waals surface area contributed by atoms with Gasteiger partial charge >= 0.3 is 0 Å². The van der Waals surface area contributed by atoms with Crippen LogP contribution in [0.15, 0.2) is 48.5 Å². The molecule has 5 heteroatoms. The van der Waals surface area contributed by atoms with E-state index in [0.717, 1.165) is 16.9 Å². The molecule has 0 spiro atoms. The highest BCUT2D eigenvalue weighted by Gasteiger charge is 2.34. The van der Waals surface area contributed by atoms with Crippen LogP contribution in [0.5, 0.6) is 0 Å². The number of likely N-dealkylation sites (tertiary alicyclic amines) is 1. The van der Waals surface area contributed by atoms with Crippen LogP contribution in [0.3, 0.4) is 0 Å². The molecule has 2 aromatic carbocycles. The molecule has 0 atom stereocenters. The number of carbonyl (C=O) groups is 1. The molecule has 1 amide bonds. The first-order valence-electron chi connectivity index (χ1n) is 7.21. The molecule has 22 heavy (non-hydrogen) atoms. The van der Waals surface area contributed by atoms with E-state index < -0.39 is 0 Å². The van der Waals surface area contributed by atoms with Crippen molar-refractivity contribution in [3.63, 3.8) is 0 Å². The molecule has 0 aliphatic carbocycles. The summed E-state index contributed by atoms with van der Waals surface area (Å²) < 4.78 is 0. The summed E-state index contributed by atoms with van der Waals surface area (Å²) in [6, 6.07) is 15.1. The number of carbonyl (C=O) groups excluding carboxylic acids is 1. The number of aromatic amines is 1. The van der Waals surface area contributed by atoms with Gasteiger partial charge in [-0.1, -0.05) is 35.9 Å². The van der Waals surface area contributed by atoms with E-state index >= 15 is 0 Å². The van der Waals surface area contributed by atoms with Gasteiger partial charge in [-0.15, -0.1) is 0 Å². The fourth-order valence-electron chi connectivity index (χ4n) is 2.79. The van der Waals surface area contributed by atoms with Crippen LogP contribution in [0.2, 0.25) is 5.02 Å². The molecule has 0 saturated carbocycles. The van der Waals surface area contributed by atoms with E-state index in [4.69, 9.17) is 11.6 Å². The van der Waals surface area contributed by atoms with Gasteiger partial charge in [0.05, 0.1) is 27.5 Å². The third-order valence-corrected chi connectivity index (χ3v) is 4.40. The lowest BCUT2D eigenvalue weighted by atomic mass is 9.98. The van der Waals surface area contributed by atoms with Crippen molar-refractivity contribution in [2.45, 2.75) is 5.92 Å². The van der Waals surface area contributed by atoms with Crippen molar-refractivity contribution in [2.75, 3.05) is 13.1 Å². The number of rotatable bonds is 2. The van der Waals surface area contributed by atoms with Gasteiger partial charge in [-0.05, 0) is 24.3 Å². The number of imidazole rings is 1. The van der Waals surface area contributed by atoms with Crippen LogP contribution in [-0.2, 0) is 0 Å². The van der Waals surface area contributed by atoms with Crippen LogP contribution < -0.4 is 0 Å². The van der Waals surface area contributed by atoms with Gasteiger partial charge in [-0.25, -0.2) is 4.98 Å². The Labute approximate surface area is 132 Å². The number of nitrogens with one attached hydrogen (secondary N) is 1. The van der Waals surface area contributed by atoms with Gasteiger partial charge in [0.1, 0.15) is 5.82 Å². The molecule has 1 saturated heterocycles. The van der Waals surface area contributed by atoms with E-state index in [1.54, 1.807) is 17.0 Å². The van der Waals surface area contributed by atoms with Gasteiger partial charge in [0.2, 0.25) is 0 Å². The molecule has 1 aliphatic heterocycles. The van der Waals surface area contributed by atoms with Gasteiger partial charge in [0, 0.05) is 13.1 Å². The number of hydrogen-bond donors (Lipinski definition) is 1. The maximum atomic E-state index is 12.4. The number of amides is 1. The number of aromatic nitrogens is 2. The van der Waals surface area contributed by atoms with Crippen LogP contribution in [0.1, 0.15) is 22.1 Å². The Bertz CT molecular complexity index is 819. The Hall–Kier alpha value is -2.33.